The molecule has 1 aromatic heterocycles. The Balaban J connectivity index is 1.54. The van der Waals surface area contributed by atoms with Gasteiger partial charge in [-0.1, -0.05) is 35.9 Å². The Morgan fingerprint density at radius 3 is 2.62 bits per heavy atom. The average molecular weight is 486 g/mol. The van der Waals surface area contributed by atoms with E-state index < -0.39 is 0 Å². The first-order valence-corrected chi connectivity index (χ1v) is 10.2. The molecule has 3 aromatic carbocycles. The number of imidazole rings is 1. The Morgan fingerprint density at radius 1 is 1.07 bits per heavy atom. The molecule has 0 fully saturated rings. The molecule has 8 heteroatoms. The van der Waals surface area contributed by atoms with Crippen molar-refractivity contribution in [3.63, 3.8) is 0 Å². The van der Waals surface area contributed by atoms with E-state index in [1.165, 1.54) is 0 Å². The minimum absolute atomic E-state index is 0.148. The number of carbonyl (C=O) groups excluding carboxylic acids is 1. The molecule has 0 unspecified atom stereocenters. The number of carbonyl (C=O) groups is 1. The minimum Gasteiger partial charge on any atom is -0.338 e. The molecule has 3 N–H and O–H groups in total. The number of nitrogens with one attached hydrogen (secondary N) is 3. The molecule has 0 radical (unpaired) electrons. The van der Waals surface area contributed by atoms with E-state index >= 15 is 0 Å². The van der Waals surface area contributed by atoms with Crippen molar-refractivity contribution in [1.82, 2.24) is 15.3 Å². The van der Waals surface area contributed by atoms with Crippen LogP contribution in [0.25, 0.3) is 22.4 Å². The number of hydrogen-bond acceptors (Lipinski definition) is 3. The van der Waals surface area contributed by atoms with Gasteiger partial charge in [-0.25, -0.2) is 4.98 Å². The molecule has 1 amide bonds. The SMILES string of the molecule is O=C(NC(=S)Nc1cc(-c2nc3ccccc3[nH]2)ccc1Cl)c1ccccc1Br. The maximum absolute atomic E-state index is 12.4. The van der Waals surface area contributed by atoms with Crippen LogP contribution in [-0.2, 0) is 0 Å². The van der Waals surface area contributed by atoms with Crippen LogP contribution >= 0.6 is 39.7 Å². The van der Waals surface area contributed by atoms with Gasteiger partial charge >= 0.3 is 0 Å². The van der Waals surface area contributed by atoms with Gasteiger partial charge in [0.25, 0.3) is 5.91 Å². The predicted octanol–water partition coefficient (Wildman–Crippen LogP) is 5.77. The summed E-state index contributed by atoms with van der Waals surface area (Å²) in [5.74, 6) is 0.397. The first-order valence-electron chi connectivity index (χ1n) is 8.63. The van der Waals surface area contributed by atoms with Crippen LogP contribution < -0.4 is 10.6 Å². The smallest absolute Gasteiger partial charge is 0.258 e. The number of para-hydroxylation sites is 2. The van der Waals surface area contributed by atoms with E-state index in [2.05, 4.69) is 36.5 Å². The van der Waals surface area contributed by atoms with E-state index in [9.17, 15) is 4.79 Å². The summed E-state index contributed by atoms with van der Waals surface area (Å²) >= 11 is 15.0. The number of aromatic nitrogens is 2. The number of thiocarbonyl (C=S) groups is 1. The lowest BCUT2D eigenvalue weighted by Crippen LogP contribution is -2.34. The normalized spacial score (nSPS) is 10.7. The Hall–Kier alpha value is -2.74. The van der Waals surface area contributed by atoms with Gasteiger partial charge in [0.05, 0.1) is 27.3 Å². The molecule has 4 aromatic rings. The maximum Gasteiger partial charge on any atom is 0.258 e. The Labute approximate surface area is 185 Å². The van der Waals surface area contributed by atoms with Crippen LogP contribution in [0.4, 0.5) is 5.69 Å². The molecule has 0 spiro atoms. The molecule has 29 heavy (non-hydrogen) atoms. The fraction of sp³-hybridized carbons (Fsp3) is 0. The number of amides is 1. The van der Waals surface area contributed by atoms with Crippen molar-refractivity contribution in [1.29, 1.82) is 0 Å². The molecule has 5 nitrogen and oxygen atoms in total. The lowest BCUT2D eigenvalue weighted by molar-refractivity contribution is 0.0977. The van der Waals surface area contributed by atoms with Crippen LogP contribution in [0.3, 0.4) is 0 Å². The Kier molecular flexibility index (Phi) is 5.62. The summed E-state index contributed by atoms with van der Waals surface area (Å²) in [6.45, 7) is 0. The van der Waals surface area contributed by atoms with Crippen molar-refractivity contribution >= 4 is 67.5 Å². The van der Waals surface area contributed by atoms with E-state index in [4.69, 9.17) is 23.8 Å². The lowest BCUT2D eigenvalue weighted by Gasteiger charge is -2.12. The van der Waals surface area contributed by atoms with E-state index in [0.29, 0.717) is 26.6 Å². The first-order chi connectivity index (χ1) is 14.0. The van der Waals surface area contributed by atoms with Crippen molar-refractivity contribution in [3.05, 3.63) is 81.8 Å². The van der Waals surface area contributed by atoms with E-state index in [0.717, 1.165) is 16.6 Å². The maximum atomic E-state index is 12.4. The number of hydrogen-bond donors (Lipinski definition) is 3. The highest BCUT2D eigenvalue weighted by Gasteiger charge is 2.13. The standard InChI is InChI=1S/C21H14BrClN4OS/c22-14-6-2-1-5-13(14)20(28)27-21(29)26-18-11-12(9-10-15(18)23)19-24-16-7-3-4-8-17(16)25-19/h1-11H,(H,24,25)(H2,26,27,28,29). The summed E-state index contributed by atoms with van der Waals surface area (Å²) in [7, 11) is 0. The zero-order valence-corrected chi connectivity index (χ0v) is 18.0. The molecule has 4 rings (SSSR count). The van der Waals surface area contributed by atoms with E-state index in [-0.39, 0.29) is 11.0 Å². The molecule has 0 aliphatic heterocycles. The van der Waals surface area contributed by atoms with Gasteiger partial charge in [0, 0.05) is 10.0 Å². The van der Waals surface area contributed by atoms with Gasteiger partial charge in [-0.2, -0.15) is 0 Å². The third-order valence-electron chi connectivity index (χ3n) is 4.22. The molecule has 0 aliphatic carbocycles. The molecular formula is C21H14BrClN4OS. The van der Waals surface area contributed by atoms with Gasteiger partial charge in [0.15, 0.2) is 5.11 Å². The summed E-state index contributed by atoms with van der Waals surface area (Å²) in [6, 6.07) is 20.4. The van der Waals surface area contributed by atoms with Crippen LogP contribution in [0.1, 0.15) is 10.4 Å². The molecule has 144 valence electrons. The van der Waals surface area contributed by atoms with E-state index in [1.807, 2.05) is 42.5 Å². The Bertz CT molecular complexity index is 1210. The van der Waals surface area contributed by atoms with Crippen molar-refractivity contribution in [2.45, 2.75) is 0 Å². The zero-order chi connectivity index (χ0) is 20.4. The molecule has 0 bridgehead atoms. The Morgan fingerprint density at radius 2 is 1.83 bits per heavy atom. The summed E-state index contributed by atoms with van der Waals surface area (Å²) in [6.07, 6.45) is 0. The monoisotopic (exact) mass is 484 g/mol. The van der Waals surface area contributed by atoms with Gasteiger partial charge in [-0.3, -0.25) is 10.1 Å². The highest BCUT2D eigenvalue weighted by Crippen LogP contribution is 2.28. The molecule has 0 saturated carbocycles. The van der Waals surface area contributed by atoms with Crippen LogP contribution in [0.2, 0.25) is 5.02 Å². The molecular weight excluding hydrogens is 472 g/mol. The third kappa shape index (κ3) is 4.32. The summed E-state index contributed by atoms with van der Waals surface area (Å²) in [5, 5.41) is 6.27. The number of anilines is 1. The van der Waals surface area contributed by atoms with E-state index in [1.54, 1.807) is 24.3 Å². The van der Waals surface area contributed by atoms with Crippen molar-refractivity contribution in [2.75, 3.05) is 5.32 Å². The zero-order valence-electron chi connectivity index (χ0n) is 14.9. The average Bonchev–Trinajstić information content (AvgIpc) is 3.14. The van der Waals surface area contributed by atoms with Gasteiger partial charge in [-0.05, 0) is 70.6 Å². The largest absolute Gasteiger partial charge is 0.338 e. The number of fused-ring (bicyclic) bond motifs is 1. The molecule has 0 saturated heterocycles. The number of aromatic amines is 1. The van der Waals surface area contributed by atoms with Gasteiger partial charge in [0.1, 0.15) is 5.82 Å². The van der Waals surface area contributed by atoms with Crippen LogP contribution in [0, 0.1) is 0 Å². The van der Waals surface area contributed by atoms with Crippen molar-refractivity contribution in [2.24, 2.45) is 0 Å². The molecule has 0 aliphatic rings. The summed E-state index contributed by atoms with van der Waals surface area (Å²) in [5.41, 5.74) is 3.72. The quantitative estimate of drug-likeness (QED) is 0.322. The van der Waals surface area contributed by atoms with Crippen LogP contribution in [-0.4, -0.2) is 21.0 Å². The predicted molar refractivity (Wildman–Crippen MR) is 124 cm³/mol. The van der Waals surface area contributed by atoms with Gasteiger partial charge < -0.3 is 10.3 Å². The summed E-state index contributed by atoms with van der Waals surface area (Å²) < 4.78 is 0.685. The van der Waals surface area contributed by atoms with Crippen molar-refractivity contribution < 1.29 is 4.79 Å². The topological polar surface area (TPSA) is 69.8 Å². The molecule has 0 atom stereocenters. The van der Waals surface area contributed by atoms with Gasteiger partial charge in [0.2, 0.25) is 0 Å². The number of H-pyrrole nitrogens is 1. The second-order valence-electron chi connectivity index (χ2n) is 6.19. The number of rotatable bonds is 3. The second-order valence-corrected chi connectivity index (χ2v) is 7.86. The summed E-state index contributed by atoms with van der Waals surface area (Å²) in [4.78, 5) is 20.3. The number of nitrogens with zero attached hydrogens (tertiary/aromatic N) is 1. The first kappa shape index (κ1) is 19.6. The fourth-order valence-corrected chi connectivity index (χ4v) is 3.66. The number of halogens is 2. The molecule has 1 heterocycles. The van der Waals surface area contributed by atoms with Crippen LogP contribution in [0.15, 0.2) is 71.2 Å². The highest BCUT2D eigenvalue weighted by molar-refractivity contribution is 9.10. The van der Waals surface area contributed by atoms with Gasteiger partial charge in [-0.15, -0.1) is 0 Å². The minimum atomic E-state index is -0.320. The fourth-order valence-electron chi connectivity index (χ4n) is 2.83. The second kappa shape index (κ2) is 8.32. The highest BCUT2D eigenvalue weighted by atomic mass is 79.9. The third-order valence-corrected chi connectivity index (χ3v) is 5.45. The van der Waals surface area contributed by atoms with Crippen molar-refractivity contribution in [3.8, 4) is 11.4 Å². The lowest BCUT2D eigenvalue weighted by atomic mass is 10.2. The number of benzene rings is 3. The van der Waals surface area contributed by atoms with Crippen LogP contribution in [0.5, 0.6) is 0 Å².